The van der Waals surface area contributed by atoms with E-state index in [1.54, 1.807) is 24.3 Å². The molecule has 2 N–H and O–H groups in total. The number of benzene rings is 3. The minimum Gasteiger partial charge on any atom is -0.348 e. The first kappa shape index (κ1) is 29.8. The number of sulfone groups is 1. The second kappa shape index (κ2) is 13.1. The van der Waals surface area contributed by atoms with Crippen LogP contribution >= 0.6 is 23.2 Å². The zero-order chi connectivity index (χ0) is 29.0. The molecular formula is C32H35Cl2N3O3S. The predicted octanol–water partition coefficient (Wildman–Crippen LogP) is 6.16. The lowest BCUT2D eigenvalue weighted by Gasteiger charge is -2.41. The van der Waals surface area contributed by atoms with Crippen molar-refractivity contribution < 1.29 is 13.2 Å². The summed E-state index contributed by atoms with van der Waals surface area (Å²) in [6.45, 7) is 4.10. The summed E-state index contributed by atoms with van der Waals surface area (Å²) in [5.41, 5.74) is 4.07. The zero-order valence-corrected chi connectivity index (χ0v) is 25.4. The molecule has 0 aliphatic carbocycles. The molecule has 216 valence electrons. The summed E-state index contributed by atoms with van der Waals surface area (Å²) in [5, 5.41) is 9.31. The predicted molar refractivity (Wildman–Crippen MR) is 166 cm³/mol. The van der Waals surface area contributed by atoms with Gasteiger partial charge in [-0.15, -0.1) is 0 Å². The van der Waals surface area contributed by atoms with E-state index in [-0.39, 0.29) is 29.8 Å². The molecule has 0 bridgehead atoms. The lowest BCUT2D eigenvalue weighted by atomic mass is 9.93. The molecule has 41 heavy (non-hydrogen) atoms. The van der Waals surface area contributed by atoms with Crippen LogP contribution in [0.4, 0.5) is 0 Å². The molecule has 0 spiro atoms. The number of likely N-dealkylation sites (tertiary alicyclic amines) is 1. The molecule has 2 heterocycles. The minimum atomic E-state index is -3.53. The Balaban J connectivity index is 1.25. The lowest BCUT2D eigenvalue weighted by Crippen LogP contribution is -2.47. The van der Waals surface area contributed by atoms with Gasteiger partial charge in [0, 0.05) is 46.2 Å². The molecule has 0 aromatic heterocycles. The summed E-state index contributed by atoms with van der Waals surface area (Å²) in [5.74, 6) is -0.329. The van der Waals surface area contributed by atoms with Crippen LogP contribution in [-0.2, 0) is 15.6 Å². The topological polar surface area (TPSA) is 78.5 Å². The number of carbonyl (C=O) groups is 1. The molecule has 3 aromatic rings. The first-order chi connectivity index (χ1) is 19.7. The number of hydrogen-bond acceptors (Lipinski definition) is 5. The van der Waals surface area contributed by atoms with Crippen molar-refractivity contribution in [3.63, 3.8) is 0 Å². The Morgan fingerprint density at radius 2 is 1.66 bits per heavy atom. The molecule has 0 saturated carbocycles. The third-order valence-corrected chi connectivity index (χ3v) is 9.72. The van der Waals surface area contributed by atoms with Crippen LogP contribution in [0, 0.1) is 0 Å². The first-order valence-corrected chi connectivity index (χ1v) is 16.5. The number of carbonyl (C=O) groups excluding carboxylic acids is 1. The number of nitrogens with zero attached hydrogens (tertiary/aromatic N) is 1. The molecule has 0 radical (unpaired) electrons. The quantitative estimate of drug-likeness (QED) is 0.287. The number of nitrogens with one attached hydrogen (secondary N) is 2. The summed E-state index contributed by atoms with van der Waals surface area (Å²) < 4.78 is 26.3. The molecule has 2 aliphatic heterocycles. The summed E-state index contributed by atoms with van der Waals surface area (Å²) in [6.07, 6.45) is 2.99. The Bertz CT molecular complexity index is 1450. The van der Waals surface area contributed by atoms with Gasteiger partial charge < -0.3 is 10.6 Å². The van der Waals surface area contributed by atoms with E-state index in [0.29, 0.717) is 34.3 Å². The van der Waals surface area contributed by atoms with Crippen molar-refractivity contribution in [3.8, 4) is 0 Å². The largest absolute Gasteiger partial charge is 0.348 e. The van der Waals surface area contributed by atoms with Crippen LogP contribution in [0.3, 0.4) is 0 Å². The van der Waals surface area contributed by atoms with Crippen molar-refractivity contribution >= 4 is 38.9 Å². The van der Waals surface area contributed by atoms with Gasteiger partial charge in [0.1, 0.15) is 0 Å². The van der Waals surface area contributed by atoms with E-state index in [1.807, 2.05) is 48.5 Å². The molecular weight excluding hydrogens is 577 g/mol. The number of hydrogen-bond donors (Lipinski definition) is 2. The summed E-state index contributed by atoms with van der Waals surface area (Å²) >= 11 is 12.2. The van der Waals surface area contributed by atoms with E-state index < -0.39 is 9.84 Å². The second-order valence-corrected chi connectivity index (χ2v) is 13.6. The van der Waals surface area contributed by atoms with E-state index in [4.69, 9.17) is 23.2 Å². The molecule has 9 heteroatoms. The zero-order valence-electron chi connectivity index (χ0n) is 23.0. The van der Waals surface area contributed by atoms with Crippen molar-refractivity contribution in [2.45, 2.75) is 50.1 Å². The SMILES string of the molecule is CCC(NC(=O)c1cccc(CS(=O)(=O)C=C2CN(C(c3ccc(Cl)cc3)c3ccc(Cl)cc3)C2)c1)C1CCCN1. The van der Waals surface area contributed by atoms with Gasteiger partial charge in [-0.1, -0.05) is 66.5 Å². The molecule has 3 aromatic carbocycles. The second-order valence-electron chi connectivity index (χ2n) is 10.9. The van der Waals surface area contributed by atoms with E-state index in [9.17, 15) is 13.2 Å². The molecule has 5 rings (SSSR count). The van der Waals surface area contributed by atoms with Gasteiger partial charge in [0.2, 0.25) is 0 Å². The van der Waals surface area contributed by atoms with E-state index in [2.05, 4.69) is 22.5 Å². The monoisotopic (exact) mass is 611 g/mol. The van der Waals surface area contributed by atoms with Gasteiger partial charge in [0.25, 0.3) is 5.91 Å². The van der Waals surface area contributed by atoms with E-state index in [1.165, 1.54) is 5.41 Å². The molecule has 2 fully saturated rings. The highest BCUT2D eigenvalue weighted by atomic mass is 35.5. The van der Waals surface area contributed by atoms with E-state index >= 15 is 0 Å². The fraction of sp³-hybridized carbons (Fsp3) is 0.344. The van der Waals surface area contributed by atoms with Crippen LogP contribution in [0.2, 0.25) is 10.0 Å². The molecule has 1 amide bonds. The standard InChI is InChI=1S/C32H35Cl2N3O3S/c1-2-29(30-7-4-16-35-30)36-32(38)26-6-3-5-22(17-26)20-41(39,40)21-23-18-37(19-23)31(24-8-12-27(33)13-9-24)25-10-14-28(34)15-11-25/h3,5-6,8-15,17,21,29-31,35H,2,4,7,16,18-20H2,1H3,(H,36,38). The smallest absolute Gasteiger partial charge is 0.251 e. The molecule has 6 nitrogen and oxygen atoms in total. The van der Waals surface area contributed by atoms with Gasteiger partial charge in [-0.25, -0.2) is 8.42 Å². The summed E-state index contributed by atoms with van der Waals surface area (Å²) in [7, 11) is -3.53. The van der Waals surface area contributed by atoms with E-state index in [0.717, 1.165) is 42.5 Å². The Labute approximate surface area is 252 Å². The maximum Gasteiger partial charge on any atom is 0.251 e. The van der Waals surface area contributed by atoms with Crippen LogP contribution in [-0.4, -0.2) is 50.9 Å². The third-order valence-electron chi connectivity index (χ3n) is 7.79. The van der Waals surface area contributed by atoms with Crippen molar-refractivity contribution in [2.75, 3.05) is 19.6 Å². The van der Waals surface area contributed by atoms with Gasteiger partial charge in [-0.05, 0) is 84.5 Å². The molecule has 2 atom stereocenters. The number of rotatable bonds is 10. The Kier molecular flexibility index (Phi) is 9.52. The highest BCUT2D eigenvalue weighted by Gasteiger charge is 2.31. The molecule has 2 unspecified atom stereocenters. The average molecular weight is 613 g/mol. The van der Waals surface area contributed by atoms with Gasteiger partial charge in [-0.2, -0.15) is 0 Å². The van der Waals surface area contributed by atoms with Gasteiger partial charge in [0.15, 0.2) is 9.84 Å². The van der Waals surface area contributed by atoms with Crippen LogP contribution < -0.4 is 10.6 Å². The van der Waals surface area contributed by atoms with Crippen molar-refractivity contribution in [2.24, 2.45) is 0 Å². The maximum absolute atomic E-state index is 13.1. The van der Waals surface area contributed by atoms with Crippen LogP contribution in [0.5, 0.6) is 0 Å². The summed E-state index contributed by atoms with van der Waals surface area (Å²) in [4.78, 5) is 15.2. The normalized spacial score (nSPS) is 18.2. The Morgan fingerprint density at radius 1 is 1.02 bits per heavy atom. The number of amides is 1. The van der Waals surface area contributed by atoms with Gasteiger partial charge in [-0.3, -0.25) is 9.69 Å². The highest BCUT2D eigenvalue weighted by molar-refractivity contribution is 7.93. The first-order valence-electron chi connectivity index (χ1n) is 14.0. The molecule has 2 aliphatic rings. The van der Waals surface area contributed by atoms with Crippen molar-refractivity contribution in [1.29, 1.82) is 0 Å². The Morgan fingerprint density at radius 3 is 2.22 bits per heavy atom. The average Bonchev–Trinajstić information content (AvgIpc) is 3.47. The minimum absolute atomic E-state index is 0.0493. The third kappa shape index (κ3) is 7.59. The highest BCUT2D eigenvalue weighted by Crippen LogP contribution is 2.35. The van der Waals surface area contributed by atoms with Crippen molar-refractivity contribution in [3.05, 3.63) is 116 Å². The Hall–Kier alpha value is -2.68. The summed E-state index contributed by atoms with van der Waals surface area (Å²) in [6, 6.07) is 22.6. The van der Waals surface area contributed by atoms with Crippen LogP contribution in [0.1, 0.15) is 59.3 Å². The van der Waals surface area contributed by atoms with Gasteiger partial charge >= 0.3 is 0 Å². The lowest BCUT2D eigenvalue weighted by molar-refractivity contribution is 0.0927. The maximum atomic E-state index is 13.1. The van der Waals surface area contributed by atoms with Crippen molar-refractivity contribution in [1.82, 2.24) is 15.5 Å². The fourth-order valence-electron chi connectivity index (χ4n) is 5.76. The van der Waals surface area contributed by atoms with Gasteiger partial charge in [0.05, 0.1) is 11.8 Å². The van der Waals surface area contributed by atoms with Crippen LogP contribution in [0.25, 0.3) is 0 Å². The van der Waals surface area contributed by atoms with Crippen LogP contribution in [0.15, 0.2) is 83.8 Å². The number of halogens is 2. The fourth-order valence-corrected chi connectivity index (χ4v) is 7.40. The molecule has 2 saturated heterocycles.